The highest BCUT2D eigenvalue weighted by molar-refractivity contribution is 6.31. The fourth-order valence-electron chi connectivity index (χ4n) is 2.32. The number of halogens is 3. The summed E-state index contributed by atoms with van der Waals surface area (Å²) in [4.78, 5) is 0. The molecule has 0 bridgehead atoms. The molecule has 0 amide bonds. The Hall–Kier alpha value is -2.58. The smallest absolute Gasteiger partial charge is 0.263 e. The Kier molecular flexibility index (Phi) is 6.31. The standard InChI is InChI=1S/C17H16Cl2FN5O2/c1-2-26-15-6-10(8-21-17-22-24-25-23-17)13(19)7-16(15)27-9-11-12(18)4-3-5-14(11)20/h3-7H,2,8-9H2,1H3,(H2,21,22,23,24,25). The highest BCUT2D eigenvalue weighted by Gasteiger charge is 2.14. The molecule has 0 aliphatic heterocycles. The van der Waals surface area contributed by atoms with Crippen LogP contribution in [0.3, 0.4) is 0 Å². The molecule has 0 unspecified atom stereocenters. The van der Waals surface area contributed by atoms with Gasteiger partial charge >= 0.3 is 0 Å². The molecule has 0 radical (unpaired) electrons. The summed E-state index contributed by atoms with van der Waals surface area (Å²) in [7, 11) is 0. The lowest BCUT2D eigenvalue weighted by Crippen LogP contribution is -2.05. The molecular formula is C17H16Cl2FN5O2. The Morgan fingerprint density at radius 1 is 1.15 bits per heavy atom. The van der Waals surface area contributed by atoms with Crippen LogP contribution in [0.25, 0.3) is 0 Å². The van der Waals surface area contributed by atoms with E-state index in [0.29, 0.717) is 40.6 Å². The highest BCUT2D eigenvalue weighted by Crippen LogP contribution is 2.35. The zero-order chi connectivity index (χ0) is 19.2. The molecule has 0 saturated heterocycles. The molecule has 3 rings (SSSR count). The first-order valence-corrected chi connectivity index (χ1v) is 8.82. The van der Waals surface area contributed by atoms with Crippen molar-refractivity contribution in [3.05, 3.63) is 57.3 Å². The van der Waals surface area contributed by atoms with Crippen LogP contribution < -0.4 is 14.8 Å². The molecule has 0 fully saturated rings. The second-order valence-corrected chi connectivity index (χ2v) is 6.22. The second kappa shape index (κ2) is 8.88. The zero-order valence-corrected chi connectivity index (χ0v) is 15.8. The van der Waals surface area contributed by atoms with Gasteiger partial charge in [0.1, 0.15) is 12.4 Å². The van der Waals surface area contributed by atoms with Crippen molar-refractivity contribution in [3.63, 3.8) is 0 Å². The second-order valence-electron chi connectivity index (χ2n) is 5.40. The fourth-order valence-corrected chi connectivity index (χ4v) is 2.76. The van der Waals surface area contributed by atoms with Crippen LogP contribution in [-0.4, -0.2) is 27.2 Å². The summed E-state index contributed by atoms with van der Waals surface area (Å²) in [5.41, 5.74) is 1.02. The fraction of sp³-hybridized carbons (Fsp3) is 0.235. The van der Waals surface area contributed by atoms with Gasteiger partial charge in [-0.3, -0.25) is 0 Å². The molecule has 27 heavy (non-hydrogen) atoms. The van der Waals surface area contributed by atoms with E-state index in [4.69, 9.17) is 32.7 Å². The minimum Gasteiger partial charge on any atom is -0.490 e. The van der Waals surface area contributed by atoms with Gasteiger partial charge in [0.25, 0.3) is 5.95 Å². The first-order valence-electron chi connectivity index (χ1n) is 8.06. The van der Waals surface area contributed by atoms with E-state index in [2.05, 4.69) is 25.9 Å². The van der Waals surface area contributed by atoms with E-state index in [0.717, 1.165) is 5.56 Å². The molecule has 1 aromatic heterocycles. The van der Waals surface area contributed by atoms with Crippen molar-refractivity contribution in [2.75, 3.05) is 11.9 Å². The van der Waals surface area contributed by atoms with Gasteiger partial charge in [0, 0.05) is 23.2 Å². The normalized spacial score (nSPS) is 10.7. The molecule has 10 heteroatoms. The van der Waals surface area contributed by atoms with E-state index in [1.807, 2.05) is 6.92 Å². The number of tetrazole rings is 1. The molecule has 3 aromatic rings. The van der Waals surface area contributed by atoms with E-state index in [1.54, 1.807) is 18.2 Å². The Labute approximate surface area is 164 Å². The first-order chi connectivity index (χ1) is 13.1. The van der Waals surface area contributed by atoms with Crippen LogP contribution >= 0.6 is 23.2 Å². The minimum atomic E-state index is -0.438. The SMILES string of the molecule is CCOc1cc(CNc2nn[nH]n2)c(Cl)cc1OCc1c(F)cccc1Cl. The van der Waals surface area contributed by atoms with Gasteiger partial charge in [-0.1, -0.05) is 34.4 Å². The predicted molar refractivity (Wildman–Crippen MR) is 99.9 cm³/mol. The van der Waals surface area contributed by atoms with Crippen LogP contribution in [-0.2, 0) is 13.2 Å². The summed E-state index contributed by atoms with van der Waals surface area (Å²) >= 11 is 12.4. The number of hydrogen-bond donors (Lipinski definition) is 2. The maximum absolute atomic E-state index is 13.9. The topological polar surface area (TPSA) is 85.0 Å². The number of nitrogens with one attached hydrogen (secondary N) is 2. The maximum atomic E-state index is 13.9. The van der Waals surface area contributed by atoms with Crippen molar-refractivity contribution in [1.29, 1.82) is 0 Å². The molecule has 0 atom stereocenters. The molecule has 0 saturated carbocycles. The third kappa shape index (κ3) is 4.78. The van der Waals surface area contributed by atoms with E-state index in [-0.39, 0.29) is 12.2 Å². The predicted octanol–water partition coefficient (Wildman–Crippen LogP) is 4.24. The summed E-state index contributed by atoms with van der Waals surface area (Å²) in [6.07, 6.45) is 0. The van der Waals surface area contributed by atoms with E-state index >= 15 is 0 Å². The lowest BCUT2D eigenvalue weighted by molar-refractivity contribution is 0.265. The van der Waals surface area contributed by atoms with Crippen molar-refractivity contribution < 1.29 is 13.9 Å². The number of hydrogen-bond acceptors (Lipinski definition) is 6. The Balaban J connectivity index is 1.78. The van der Waals surface area contributed by atoms with E-state index < -0.39 is 5.82 Å². The summed E-state index contributed by atoms with van der Waals surface area (Å²) in [5, 5.41) is 17.2. The van der Waals surface area contributed by atoms with Crippen molar-refractivity contribution in [1.82, 2.24) is 20.6 Å². The number of aromatic nitrogens is 4. The average molecular weight is 412 g/mol. The van der Waals surface area contributed by atoms with Crippen LogP contribution in [0.1, 0.15) is 18.1 Å². The third-order valence-corrected chi connectivity index (χ3v) is 4.33. The average Bonchev–Trinajstić information content (AvgIpc) is 3.16. The molecule has 2 aromatic carbocycles. The van der Waals surface area contributed by atoms with E-state index in [1.165, 1.54) is 12.1 Å². The molecule has 1 heterocycles. The number of ether oxygens (including phenoxy) is 2. The number of nitrogens with zero attached hydrogens (tertiary/aromatic N) is 3. The molecule has 7 nitrogen and oxygen atoms in total. The number of benzene rings is 2. The number of aromatic amines is 1. The van der Waals surface area contributed by atoms with Gasteiger partial charge < -0.3 is 14.8 Å². The maximum Gasteiger partial charge on any atom is 0.263 e. The Bertz CT molecular complexity index is 888. The summed E-state index contributed by atoms with van der Waals surface area (Å²) < 4.78 is 25.3. The molecule has 0 aliphatic rings. The van der Waals surface area contributed by atoms with Gasteiger partial charge in [-0.2, -0.15) is 5.21 Å². The summed E-state index contributed by atoms with van der Waals surface area (Å²) in [6.45, 7) is 2.58. The van der Waals surface area contributed by atoms with Crippen LogP contribution in [0.15, 0.2) is 30.3 Å². The van der Waals surface area contributed by atoms with Crippen molar-refractivity contribution >= 4 is 29.2 Å². The van der Waals surface area contributed by atoms with Crippen LogP contribution in [0.5, 0.6) is 11.5 Å². The molecule has 142 valence electrons. The molecule has 2 N–H and O–H groups in total. The molecular weight excluding hydrogens is 396 g/mol. The van der Waals surface area contributed by atoms with Crippen molar-refractivity contribution in [2.24, 2.45) is 0 Å². The highest BCUT2D eigenvalue weighted by atomic mass is 35.5. The van der Waals surface area contributed by atoms with Crippen LogP contribution in [0, 0.1) is 5.82 Å². The summed E-state index contributed by atoms with van der Waals surface area (Å²) in [6, 6.07) is 7.83. The van der Waals surface area contributed by atoms with Crippen molar-refractivity contribution in [3.8, 4) is 11.5 Å². The Morgan fingerprint density at radius 3 is 2.67 bits per heavy atom. The lowest BCUT2D eigenvalue weighted by Gasteiger charge is -2.15. The Morgan fingerprint density at radius 2 is 1.96 bits per heavy atom. The van der Waals surface area contributed by atoms with E-state index in [9.17, 15) is 4.39 Å². The number of anilines is 1. The van der Waals surface area contributed by atoms with Gasteiger partial charge in [0.15, 0.2) is 11.5 Å². The lowest BCUT2D eigenvalue weighted by atomic mass is 10.2. The van der Waals surface area contributed by atoms with Crippen molar-refractivity contribution in [2.45, 2.75) is 20.1 Å². The third-order valence-electron chi connectivity index (χ3n) is 3.63. The van der Waals surface area contributed by atoms with Gasteiger partial charge in [-0.15, -0.1) is 5.10 Å². The monoisotopic (exact) mass is 411 g/mol. The van der Waals surface area contributed by atoms with Crippen LogP contribution in [0.2, 0.25) is 10.0 Å². The van der Waals surface area contributed by atoms with Gasteiger partial charge in [0.2, 0.25) is 0 Å². The molecule has 0 aliphatic carbocycles. The van der Waals surface area contributed by atoms with Gasteiger partial charge in [0.05, 0.1) is 11.6 Å². The molecule has 0 spiro atoms. The first kappa shape index (κ1) is 19.2. The quantitative estimate of drug-likeness (QED) is 0.576. The van der Waals surface area contributed by atoms with Crippen LogP contribution in [0.4, 0.5) is 10.3 Å². The van der Waals surface area contributed by atoms with Gasteiger partial charge in [-0.05, 0) is 35.9 Å². The largest absolute Gasteiger partial charge is 0.490 e. The van der Waals surface area contributed by atoms with Gasteiger partial charge in [-0.25, -0.2) is 4.39 Å². The number of rotatable bonds is 8. The zero-order valence-electron chi connectivity index (χ0n) is 14.3. The number of H-pyrrole nitrogens is 1. The summed E-state index contributed by atoms with van der Waals surface area (Å²) in [5.74, 6) is 0.787. The minimum absolute atomic E-state index is 0.0532.